The van der Waals surface area contributed by atoms with Crippen LogP contribution in [0.1, 0.15) is 27.9 Å². The lowest BCUT2D eigenvalue weighted by Crippen LogP contribution is -2.12. The van der Waals surface area contributed by atoms with E-state index in [1.54, 1.807) is 18.2 Å². The Morgan fingerprint density at radius 3 is 2.68 bits per heavy atom. The fourth-order valence-electron chi connectivity index (χ4n) is 2.51. The summed E-state index contributed by atoms with van der Waals surface area (Å²) < 4.78 is 0. The zero-order valence-electron chi connectivity index (χ0n) is 10.5. The number of aryl methyl sites for hydroxylation is 2. The van der Waals surface area contributed by atoms with Crippen molar-refractivity contribution in [2.75, 3.05) is 5.32 Å². The van der Waals surface area contributed by atoms with Gasteiger partial charge in [-0.3, -0.25) is 4.79 Å². The van der Waals surface area contributed by atoms with Crippen molar-refractivity contribution in [3.8, 4) is 5.75 Å². The molecule has 19 heavy (non-hydrogen) atoms. The molecule has 0 aliphatic heterocycles. The Hall–Kier alpha value is -2.29. The van der Waals surface area contributed by atoms with Gasteiger partial charge in [-0.2, -0.15) is 0 Å². The number of carbonyl (C=O) groups is 1. The van der Waals surface area contributed by atoms with Crippen molar-refractivity contribution in [1.82, 2.24) is 0 Å². The predicted octanol–water partition coefficient (Wildman–Crippen LogP) is 3.13. The van der Waals surface area contributed by atoms with Gasteiger partial charge in [0.2, 0.25) is 0 Å². The van der Waals surface area contributed by atoms with Crippen molar-refractivity contribution in [3.63, 3.8) is 0 Å². The molecule has 0 atom stereocenters. The number of hydrogen-bond donors (Lipinski definition) is 2. The average molecular weight is 253 g/mol. The van der Waals surface area contributed by atoms with Gasteiger partial charge in [0.15, 0.2) is 0 Å². The van der Waals surface area contributed by atoms with Gasteiger partial charge in [-0.05, 0) is 54.7 Å². The van der Waals surface area contributed by atoms with Crippen LogP contribution in [0.3, 0.4) is 0 Å². The van der Waals surface area contributed by atoms with Crippen LogP contribution in [-0.2, 0) is 12.8 Å². The molecule has 0 saturated carbocycles. The van der Waals surface area contributed by atoms with Gasteiger partial charge in [0, 0.05) is 5.69 Å². The summed E-state index contributed by atoms with van der Waals surface area (Å²) in [5.74, 6) is -0.280. The Morgan fingerprint density at radius 2 is 1.84 bits per heavy atom. The van der Waals surface area contributed by atoms with E-state index in [0.717, 1.165) is 18.5 Å². The monoisotopic (exact) mass is 253 g/mol. The molecule has 0 fully saturated rings. The second kappa shape index (κ2) is 4.76. The average Bonchev–Trinajstić information content (AvgIpc) is 2.86. The van der Waals surface area contributed by atoms with E-state index in [-0.39, 0.29) is 11.7 Å². The Bertz CT molecular complexity index is 634. The third-order valence-electron chi connectivity index (χ3n) is 3.51. The smallest absolute Gasteiger partial charge is 0.259 e. The molecule has 0 saturated heterocycles. The lowest BCUT2D eigenvalue weighted by molar-refractivity contribution is 0.102. The lowest BCUT2D eigenvalue weighted by atomic mass is 10.1. The quantitative estimate of drug-likeness (QED) is 0.863. The minimum Gasteiger partial charge on any atom is -0.507 e. The first-order valence-electron chi connectivity index (χ1n) is 6.45. The highest BCUT2D eigenvalue weighted by molar-refractivity contribution is 6.06. The number of fused-ring (bicyclic) bond motifs is 1. The molecule has 0 aromatic heterocycles. The zero-order valence-corrected chi connectivity index (χ0v) is 10.5. The fraction of sp³-hybridized carbons (Fsp3) is 0.188. The molecular weight excluding hydrogens is 238 g/mol. The first-order chi connectivity index (χ1) is 9.24. The number of amides is 1. The molecule has 2 N–H and O–H groups in total. The Kier molecular flexibility index (Phi) is 2.95. The highest BCUT2D eigenvalue weighted by Crippen LogP contribution is 2.25. The van der Waals surface area contributed by atoms with Crippen molar-refractivity contribution >= 4 is 11.6 Å². The maximum Gasteiger partial charge on any atom is 0.259 e. The molecule has 1 amide bonds. The van der Waals surface area contributed by atoms with E-state index < -0.39 is 0 Å². The van der Waals surface area contributed by atoms with Crippen LogP contribution in [0.15, 0.2) is 42.5 Å². The van der Waals surface area contributed by atoms with Gasteiger partial charge in [-0.25, -0.2) is 0 Å². The van der Waals surface area contributed by atoms with Crippen LogP contribution >= 0.6 is 0 Å². The number of anilines is 1. The Labute approximate surface area is 111 Å². The summed E-state index contributed by atoms with van der Waals surface area (Å²) in [6.07, 6.45) is 3.39. The SMILES string of the molecule is O=C(Nc1ccc2c(c1)CCC2)c1ccccc1O. The van der Waals surface area contributed by atoms with Crippen molar-refractivity contribution in [2.45, 2.75) is 19.3 Å². The lowest BCUT2D eigenvalue weighted by Gasteiger charge is -2.08. The minimum absolute atomic E-state index is 0.00107. The molecule has 0 spiro atoms. The standard InChI is InChI=1S/C16H15NO2/c18-15-7-2-1-6-14(15)16(19)17-13-9-8-11-4-3-5-12(11)10-13/h1-2,6-10,18H,3-5H2,(H,17,19). The van der Waals surface area contributed by atoms with Crippen molar-refractivity contribution in [2.24, 2.45) is 0 Å². The van der Waals surface area contributed by atoms with Crippen LogP contribution in [-0.4, -0.2) is 11.0 Å². The normalized spacial score (nSPS) is 13.1. The molecule has 0 radical (unpaired) electrons. The number of benzene rings is 2. The molecular formula is C16H15NO2. The van der Waals surface area contributed by atoms with Gasteiger partial charge < -0.3 is 10.4 Å². The van der Waals surface area contributed by atoms with Crippen LogP contribution in [0.2, 0.25) is 0 Å². The van der Waals surface area contributed by atoms with Crippen LogP contribution < -0.4 is 5.32 Å². The molecule has 0 unspecified atom stereocenters. The van der Waals surface area contributed by atoms with Gasteiger partial charge in [0.05, 0.1) is 5.56 Å². The van der Waals surface area contributed by atoms with Crippen molar-refractivity contribution in [3.05, 3.63) is 59.2 Å². The second-order valence-electron chi connectivity index (χ2n) is 4.81. The molecule has 0 heterocycles. The third kappa shape index (κ3) is 2.32. The molecule has 96 valence electrons. The molecule has 3 nitrogen and oxygen atoms in total. The highest BCUT2D eigenvalue weighted by Gasteiger charge is 2.13. The zero-order chi connectivity index (χ0) is 13.2. The van der Waals surface area contributed by atoms with Crippen molar-refractivity contribution < 1.29 is 9.90 Å². The minimum atomic E-state index is -0.281. The first kappa shape index (κ1) is 11.8. The molecule has 2 aromatic rings. The summed E-state index contributed by atoms with van der Waals surface area (Å²) in [5, 5.41) is 12.5. The van der Waals surface area contributed by atoms with Gasteiger partial charge in [0.25, 0.3) is 5.91 Å². The number of para-hydroxylation sites is 1. The summed E-state index contributed by atoms with van der Waals surface area (Å²) in [6, 6.07) is 12.6. The first-order valence-corrected chi connectivity index (χ1v) is 6.45. The van der Waals surface area contributed by atoms with Crippen LogP contribution in [0.4, 0.5) is 5.69 Å². The largest absolute Gasteiger partial charge is 0.507 e. The van der Waals surface area contributed by atoms with E-state index in [4.69, 9.17) is 0 Å². The van der Waals surface area contributed by atoms with Crippen LogP contribution in [0.5, 0.6) is 5.75 Å². The summed E-state index contributed by atoms with van der Waals surface area (Å²) in [7, 11) is 0. The predicted molar refractivity (Wildman–Crippen MR) is 74.5 cm³/mol. The van der Waals surface area contributed by atoms with E-state index in [9.17, 15) is 9.90 Å². The fourth-order valence-corrected chi connectivity index (χ4v) is 2.51. The number of hydrogen-bond acceptors (Lipinski definition) is 2. The molecule has 0 bridgehead atoms. The highest BCUT2D eigenvalue weighted by atomic mass is 16.3. The third-order valence-corrected chi connectivity index (χ3v) is 3.51. The number of aromatic hydroxyl groups is 1. The number of carbonyl (C=O) groups excluding carboxylic acids is 1. The van der Waals surface area contributed by atoms with Gasteiger partial charge in [-0.15, -0.1) is 0 Å². The maximum atomic E-state index is 12.1. The van der Waals surface area contributed by atoms with Crippen molar-refractivity contribution in [1.29, 1.82) is 0 Å². The molecule has 1 aliphatic rings. The number of nitrogens with one attached hydrogen (secondary N) is 1. The van der Waals surface area contributed by atoms with Crippen LogP contribution in [0.25, 0.3) is 0 Å². The van der Waals surface area contributed by atoms with E-state index in [0.29, 0.717) is 5.56 Å². The second-order valence-corrected chi connectivity index (χ2v) is 4.81. The molecule has 2 aromatic carbocycles. The summed E-state index contributed by atoms with van der Waals surface area (Å²) >= 11 is 0. The summed E-state index contributed by atoms with van der Waals surface area (Å²) in [4.78, 5) is 12.1. The van der Waals surface area contributed by atoms with E-state index in [1.165, 1.54) is 23.6 Å². The van der Waals surface area contributed by atoms with Gasteiger partial charge in [0.1, 0.15) is 5.75 Å². The summed E-state index contributed by atoms with van der Waals surface area (Å²) in [6.45, 7) is 0. The number of phenols is 1. The van der Waals surface area contributed by atoms with Gasteiger partial charge >= 0.3 is 0 Å². The topological polar surface area (TPSA) is 49.3 Å². The van der Waals surface area contributed by atoms with Crippen LogP contribution in [0, 0.1) is 0 Å². The summed E-state index contributed by atoms with van der Waals surface area (Å²) in [5.41, 5.74) is 3.77. The maximum absolute atomic E-state index is 12.1. The van der Waals surface area contributed by atoms with E-state index in [2.05, 4.69) is 11.4 Å². The van der Waals surface area contributed by atoms with Gasteiger partial charge in [-0.1, -0.05) is 18.2 Å². The van der Waals surface area contributed by atoms with E-state index >= 15 is 0 Å². The molecule has 3 heteroatoms. The van der Waals surface area contributed by atoms with E-state index in [1.807, 2.05) is 12.1 Å². The number of rotatable bonds is 2. The molecule has 1 aliphatic carbocycles. The Morgan fingerprint density at radius 1 is 1.05 bits per heavy atom. The Balaban J connectivity index is 1.82. The molecule has 3 rings (SSSR count). The number of phenolic OH excluding ortho intramolecular Hbond substituents is 1.